The van der Waals surface area contributed by atoms with Gasteiger partial charge in [0.1, 0.15) is 5.82 Å². The molecule has 0 N–H and O–H groups in total. The van der Waals surface area contributed by atoms with Gasteiger partial charge in [-0.05, 0) is 51.4 Å². The van der Waals surface area contributed by atoms with Gasteiger partial charge in [-0.1, -0.05) is 30.3 Å². The predicted molar refractivity (Wildman–Crippen MR) is 113 cm³/mol. The Morgan fingerprint density at radius 3 is 2.64 bits per heavy atom. The fourth-order valence-electron chi connectivity index (χ4n) is 3.95. The van der Waals surface area contributed by atoms with Gasteiger partial charge in [0.05, 0.1) is 6.61 Å². The van der Waals surface area contributed by atoms with E-state index >= 15 is 0 Å². The van der Waals surface area contributed by atoms with Gasteiger partial charge in [0.2, 0.25) is 0 Å². The number of hydrogen-bond donors (Lipinski definition) is 0. The van der Waals surface area contributed by atoms with Crippen LogP contribution in [-0.2, 0) is 24.1 Å². The van der Waals surface area contributed by atoms with Gasteiger partial charge in [-0.25, -0.2) is 9.97 Å². The highest BCUT2D eigenvalue weighted by molar-refractivity contribution is 5.14. The third kappa shape index (κ3) is 6.66. The fraction of sp³-hybridized carbons (Fsp3) is 0.565. The fourth-order valence-corrected chi connectivity index (χ4v) is 3.95. The van der Waals surface area contributed by atoms with Crippen LogP contribution in [0.15, 0.2) is 42.7 Å². The van der Waals surface area contributed by atoms with Crippen molar-refractivity contribution in [2.45, 2.75) is 44.7 Å². The number of benzene rings is 1. The number of ether oxygens (including phenoxy) is 1. The van der Waals surface area contributed by atoms with Crippen molar-refractivity contribution < 1.29 is 4.74 Å². The van der Waals surface area contributed by atoms with Crippen LogP contribution < -0.4 is 0 Å². The molecule has 2 aromatic rings. The highest BCUT2D eigenvalue weighted by Crippen LogP contribution is 2.17. The van der Waals surface area contributed by atoms with Gasteiger partial charge in [-0.2, -0.15) is 0 Å². The molecule has 152 valence electrons. The van der Waals surface area contributed by atoms with E-state index in [2.05, 4.69) is 57.1 Å². The quantitative estimate of drug-likeness (QED) is 0.631. The summed E-state index contributed by atoms with van der Waals surface area (Å²) in [6.45, 7) is 5.17. The van der Waals surface area contributed by atoms with Crippen LogP contribution in [0.2, 0.25) is 0 Å². The number of piperidine rings is 1. The molecule has 0 amide bonds. The molecule has 1 unspecified atom stereocenters. The van der Waals surface area contributed by atoms with Crippen LogP contribution in [0.4, 0.5) is 0 Å². The first-order valence-corrected chi connectivity index (χ1v) is 10.5. The second kappa shape index (κ2) is 11.2. The van der Waals surface area contributed by atoms with E-state index in [1.165, 1.54) is 49.9 Å². The van der Waals surface area contributed by atoms with Gasteiger partial charge in [-0.15, -0.1) is 0 Å². The molecule has 1 aliphatic heterocycles. The van der Waals surface area contributed by atoms with E-state index in [1.54, 1.807) is 7.11 Å². The Bertz CT molecular complexity index is 677. The molecule has 1 aromatic carbocycles. The van der Waals surface area contributed by atoms with Crippen molar-refractivity contribution >= 4 is 0 Å². The van der Waals surface area contributed by atoms with Crippen molar-refractivity contribution in [1.29, 1.82) is 0 Å². The second-order valence-corrected chi connectivity index (χ2v) is 7.85. The van der Waals surface area contributed by atoms with E-state index in [1.807, 2.05) is 12.4 Å². The lowest BCUT2D eigenvalue weighted by Crippen LogP contribution is -2.46. The predicted octanol–water partition coefficient (Wildman–Crippen LogP) is 3.19. The normalized spacial score (nSPS) is 17.9. The van der Waals surface area contributed by atoms with E-state index < -0.39 is 0 Å². The molecule has 0 aliphatic carbocycles. The average Bonchev–Trinajstić information content (AvgIpc) is 2.74. The zero-order valence-corrected chi connectivity index (χ0v) is 17.4. The van der Waals surface area contributed by atoms with Crippen LogP contribution in [0.1, 0.15) is 36.2 Å². The first kappa shape index (κ1) is 20.9. The molecular weight excluding hydrogens is 348 g/mol. The Morgan fingerprint density at radius 2 is 1.89 bits per heavy atom. The van der Waals surface area contributed by atoms with Gasteiger partial charge >= 0.3 is 0 Å². The monoisotopic (exact) mass is 382 g/mol. The largest absolute Gasteiger partial charge is 0.384 e. The van der Waals surface area contributed by atoms with Gasteiger partial charge in [0, 0.05) is 50.6 Å². The minimum Gasteiger partial charge on any atom is -0.384 e. The zero-order valence-electron chi connectivity index (χ0n) is 17.4. The van der Waals surface area contributed by atoms with Crippen LogP contribution in [0.5, 0.6) is 0 Å². The summed E-state index contributed by atoms with van der Waals surface area (Å²) in [4.78, 5) is 14.0. The summed E-state index contributed by atoms with van der Waals surface area (Å²) >= 11 is 0. The lowest BCUT2D eigenvalue weighted by molar-refractivity contribution is 0.111. The van der Waals surface area contributed by atoms with Crippen molar-refractivity contribution in [2.75, 3.05) is 40.4 Å². The van der Waals surface area contributed by atoms with Crippen molar-refractivity contribution in [3.8, 4) is 0 Å². The summed E-state index contributed by atoms with van der Waals surface area (Å²) in [6.07, 6.45) is 9.67. The van der Waals surface area contributed by atoms with Crippen LogP contribution in [0, 0.1) is 0 Å². The van der Waals surface area contributed by atoms with Crippen LogP contribution in [0.3, 0.4) is 0 Å². The van der Waals surface area contributed by atoms with E-state index in [0.29, 0.717) is 12.6 Å². The molecule has 0 saturated carbocycles. The topological polar surface area (TPSA) is 41.5 Å². The lowest BCUT2D eigenvalue weighted by Gasteiger charge is -2.37. The number of nitrogens with zero attached hydrogens (tertiary/aromatic N) is 4. The Morgan fingerprint density at radius 1 is 1.11 bits per heavy atom. The van der Waals surface area contributed by atoms with Crippen molar-refractivity contribution in [2.24, 2.45) is 0 Å². The number of aromatic nitrogens is 2. The maximum Gasteiger partial charge on any atom is 0.130 e. The standard InChI is InChI=1S/C23H34N4O/c1-26(18-21-16-24-23(25-17-21)12-15-28-2)22-11-7-14-27(19-22)13-6-10-20-8-4-3-5-9-20/h3-5,8-9,16-17,22H,6-7,10-15,18-19H2,1-2H3. The number of likely N-dealkylation sites (tertiary alicyclic amines) is 1. The van der Waals surface area contributed by atoms with Gasteiger partial charge in [0.25, 0.3) is 0 Å². The molecule has 1 aromatic heterocycles. The highest BCUT2D eigenvalue weighted by Gasteiger charge is 2.23. The third-order valence-electron chi connectivity index (χ3n) is 5.61. The number of likely N-dealkylation sites (N-methyl/N-ethyl adjacent to an activating group) is 1. The van der Waals surface area contributed by atoms with E-state index in [-0.39, 0.29) is 0 Å². The maximum atomic E-state index is 5.09. The highest BCUT2D eigenvalue weighted by atomic mass is 16.5. The van der Waals surface area contributed by atoms with Gasteiger partial charge in [-0.3, -0.25) is 4.90 Å². The summed E-state index contributed by atoms with van der Waals surface area (Å²) in [5, 5.41) is 0. The minimum atomic E-state index is 0.610. The number of methoxy groups -OCH3 is 1. The third-order valence-corrected chi connectivity index (χ3v) is 5.61. The minimum absolute atomic E-state index is 0.610. The van der Waals surface area contributed by atoms with Crippen LogP contribution in [0.25, 0.3) is 0 Å². The maximum absolute atomic E-state index is 5.09. The van der Waals surface area contributed by atoms with E-state index in [9.17, 15) is 0 Å². The Hall–Kier alpha value is -1.82. The molecule has 3 rings (SSSR count). The van der Waals surface area contributed by atoms with Crippen LogP contribution >= 0.6 is 0 Å². The molecule has 1 saturated heterocycles. The molecule has 1 fully saturated rings. The van der Waals surface area contributed by atoms with Gasteiger partial charge in [0.15, 0.2) is 0 Å². The van der Waals surface area contributed by atoms with Gasteiger partial charge < -0.3 is 9.64 Å². The van der Waals surface area contributed by atoms with Crippen molar-refractivity contribution in [3.63, 3.8) is 0 Å². The summed E-state index contributed by atoms with van der Waals surface area (Å²) in [5.41, 5.74) is 2.63. The summed E-state index contributed by atoms with van der Waals surface area (Å²) < 4.78 is 5.09. The Balaban J connectivity index is 1.42. The second-order valence-electron chi connectivity index (χ2n) is 7.85. The van der Waals surface area contributed by atoms with Crippen LogP contribution in [-0.4, -0.2) is 66.2 Å². The Kier molecular flexibility index (Phi) is 8.40. The Labute approximate surface area is 169 Å². The summed E-state index contributed by atoms with van der Waals surface area (Å²) in [7, 11) is 3.94. The number of rotatable bonds is 10. The van der Waals surface area contributed by atoms with E-state index in [4.69, 9.17) is 4.74 Å². The molecule has 0 radical (unpaired) electrons. The zero-order chi connectivity index (χ0) is 19.6. The van der Waals surface area contributed by atoms with Crippen molar-refractivity contribution in [1.82, 2.24) is 19.8 Å². The van der Waals surface area contributed by atoms with E-state index in [0.717, 1.165) is 25.3 Å². The number of hydrogen-bond acceptors (Lipinski definition) is 5. The first-order valence-electron chi connectivity index (χ1n) is 10.5. The molecule has 0 bridgehead atoms. The molecule has 1 aliphatic rings. The summed E-state index contributed by atoms with van der Waals surface area (Å²) in [5.74, 6) is 0.857. The van der Waals surface area contributed by atoms with Crippen molar-refractivity contribution in [3.05, 3.63) is 59.7 Å². The molecule has 1 atom stereocenters. The molecule has 5 heteroatoms. The SMILES string of the molecule is COCCc1ncc(CN(C)C2CCCN(CCCc3ccccc3)C2)cn1. The molecule has 2 heterocycles. The molecule has 5 nitrogen and oxygen atoms in total. The lowest BCUT2D eigenvalue weighted by atomic mass is 10.0. The first-order chi connectivity index (χ1) is 13.7. The number of aryl methyl sites for hydroxylation is 1. The molecule has 0 spiro atoms. The summed E-state index contributed by atoms with van der Waals surface area (Å²) in [6, 6.07) is 11.4. The smallest absolute Gasteiger partial charge is 0.130 e. The molecular formula is C23H34N4O. The molecule has 28 heavy (non-hydrogen) atoms. The average molecular weight is 383 g/mol.